The summed E-state index contributed by atoms with van der Waals surface area (Å²) in [5, 5.41) is 18.8. The number of alkyl halides is 3. The van der Waals surface area contributed by atoms with Crippen LogP contribution in [0.3, 0.4) is 0 Å². The molecular weight excluding hydrogens is 895 g/mol. The van der Waals surface area contributed by atoms with Crippen LogP contribution in [-0.4, -0.2) is 124 Å². The van der Waals surface area contributed by atoms with Gasteiger partial charge in [0.1, 0.15) is 28.9 Å². The summed E-state index contributed by atoms with van der Waals surface area (Å²) < 4.78 is 41.1. The van der Waals surface area contributed by atoms with Crippen LogP contribution in [0.1, 0.15) is 114 Å². The highest BCUT2D eigenvalue weighted by Gasteiger charge is 2.44. The van der Waals surface area contributed by atoms with E-state index in [1.54, 1.807) is 0 Å². The normalized spacial score (nSPS) is 31.7. The maximum atomic E-state index is 13.0. The van der Waals surface area contributed by atoms with Gasteiger partial charge in [-0.2, -0.15) is 18.4 Å². The molecule has 6 aliphatic carbocycles. The number of pyridine rings is 2. The lowest BCUT2D eigenvalue weighted by Crippen LogP contribution is -2.52. The zero-order valence-electron chi connectivity index (χ0n) is 40.3. The van der Waals surface area contributed by atoms with Gasteiger partial charge < -0.3 is 14.7 Å². The Kier molecular flexibility index (Phi) is 14.1. The van der Waals surface area contributed by atoms with E-state index in [4.69, 9.17) is 11.6 Å². The van der Waals surface area contributed by atoms with Gasteiger partial charge in [0.15, 0.2) is 0 Å². The lowest BCUT2D eigenvalue weighted by Gasteiger charge is -2.41. The van der Waals surface area contributed by atoms with Gasteiger partial charge in [0.05, 0.1) is 22.1 Å². The first-order valence-corrected chi connectivity index (χ1v) is 27.1. The first kappa shape index (κ1) is 47.3. The van der Waals surface area contributed by atoms with Gasteiger partial charge in [0.25, 0.3) is 0 Å². The van der Waals surface area contributed by atoms with Crippen LogP contribution < -0.4 is 9.80 Å². The Hall–Kier alpha value is -4.03. The number of hydrogen-bond acceptors (Lipinski definition) is 10. The summed E-state index contributed by atoms with van der Waals surface area (Å²) in [6, 6.07) is 18.5. The minimum atomic E-state index is -4.49. The monoisotopic (exact) mass is 966 g/mol. The van der Waals surface area contributed by atoms with Crippen LogP contribution in [0.5, 0.6) is 0 Å². The Labute approximate surface area is 411 Å². The lowest BCUT2D eigenvalue weighted by molar-refractivity contribution is -0.141. The highest BCUT2D eigenvalue weighted by Crippen LogP contribution is 2.49. The van der Waals surface area contributed by atoms with E-state index in [0.717, 1.165) is 109 Å². The van der Waals surface area contributed by atoms with Crippen molar-refractivity contribution in [2.24, 2.45) is 41.4 Å². The first-order valence-electron chi connectivity index (χ1n) is 26.7. The molecule has 3 saturated heterocycles. The van der Waals surface area contributed by atoms with E-state index >= 15 is 0 Å². The topological polar surface area (TPSA) is 96.5 Å². The van der Waals surface area contributed by atoms with Crippen LogP contribution in [0.25, 0.3) is 11.0 Å². The van der Waals surface area contributed by atoms with Gasteiger partial charge in [-0.05, 0) is 148 Å². The van der Waals surface area contributed by atoms with Gasteiger partial charge >= 0.3 is 6.18 Å². The van der Waals surface area contributed by atoms with Crippen molar-refractivity contribution in [2.75, 3.05) is 81.8 Å². The molecule has 11 nitrogen and oxygen atoms in total. The molecule has 69 heavy (non-hydrogen) atoms. The van der Waals surface area contributed by atoms with Crippen molar-refractivity contribution in [3.05, 3.63) is 71.0 Å². The number of fused-ring (bicyclic) bond motifs is 7. The maximum Gasteiger partial charge on any atom is 0.433 e. The maximum absolute atomic E-state index is 13.0. The molecule has 8 unspecified atom stereocenters. The summed E-state index contributed by atoms with van der Waals surface area (Å²) in [5.41, 5.74) is 1.50. The average molecular weight is 967 g/mol. The van der Waals surface area contributed by atoms with Crippen LogP contribution in [-0.2, 0) is 6.18 Å². The van der Waals surface area contributed by atoms with Gasteiger partial charge in [0, 0.05) is 90.3 Å². The van der Waals surface area contributed by atoms with E-state index in [9.17, 15) is 18.4 Å². The Morgan fingerprint density at radius 2 is 1.29 bits per heavy atom. The van der Waals surface area contributed by atoms with Crippen molar-refractivity contribution in [2.45, 2.75) is 121 Å². The molecule has 9 aliphatic rings. The van der Waals surface area contributed by atoms with Crippen molar-refractivity contribution >= 4 is 34.3 Å². The fraction of sp³-hybridized carbons (Fsp3) is 0.685. The largest absolute Gasteiger partial charge is 0.433 e. The van der Waals surface area contributed by atoms with E-state index in [-0.39, 0.29) is 11.4 Å². The molecule has 3 aromatic heterocycles. The number of hydrogen-bond donors (Lipinski definition) is 0. The number of nitriles is 1. The number of piperazine rings is 2. The molecule has 4 aromatic rings. The minimum Gasteiger partial charge on any atom is -0.353 e. The predicted octanol–water partition coefficient (Wildman–Crippen LogP) is 10.2. The van der Waals surface area contributed by atoms with Gasteiger partial charge in [-0.3, -0.25) is 9.80 Å². The van der Waals surface area contributed by atoms with Crippen molar-refractivity contribution in [3.8, 4) is 6.07 Å². The van der Waals surface area contributed by atoms with Crippen molar-refractivity contribution in [1.29, 1.82) is 5.26 Å². The number of piperidine rings is 1. The molecule has 0 amide bonds. The van der Waals surface area contributed by atoms with E-state index in [1.807, 2.05) is 35.4 Å². The van der Waals surface area contributed by atoms with E-state index in [0.29, 0.717) is 19.1 Å². The molecule has 6 saturated carbocycles. The summed E-state index contributed by atoms with van der Waals surface area (Å²) in [6.07, 6.45) is 18.7. The van der Waals surface area contributed by atoms with Crippen LogP contribution in [0.2, 0.25) is 5.02 Å². The standard InChI is InChI=1S/C19H23F3N4.C19H26N4.C16H22ClN3/c20-19(21,22)17-4-3-15(11-23)18(24-17)26-7-5-25(6-8-26)12-16-10-13-1-2-14(16)9-13;1-2-4-19-18(3-1)20-21-23(19)16-7-9-22(10-8-16)17-12-14-5-6-15(11-14)13-17;17-14-2-1-5-18-16(14)20-8-6-19(7-9-20)15-11-12-3-4-13(15)10-12/h3-4,13-14,16H,1-2,5-10,12H2;1-4,14-17H,5-13H2;1-2,5,12-13,15H,3-4,6-11H2. The highest BCUT2D eigenvalue weighted by atomic mass is 35.5. The summed E-state index contributed by atoms with van der Waals surface area (Å²) in [7, 11) is 0. The Bertz CT molecular complexity index is 2390. The second-order valence-corrected chi connectivity index (χ2v) is 22.8. The number of aromatic nitrogens is 5. The van der Waals surface area contributed by atoms with Crippen LogP contribution >= 0.6 is 11.6 Å². The molecule has 3 aliphatic heterocycles. The van der Waals surface area contributed by atoms with Gasteiger partial charge in [-0.15, -0.1) is 5.10 Å². The molecule has 0 spiro atoms. The highest BCUT2D eigenvalue weighted by molar-refractivity contribution is 6.32. The number of rotatable bonds is 7. The lowest BCUT2D eigenvalue weighted by atomic mass is 9.84. The van der Waals surface area contributed by atoms with Gasteiger partial charge in [-0.25, -0.2) is 14.6 Å². The number of benzene rings is 1. The van der Waals surface area contributed by atoms with Crippen LogP contribution in [0.4, 0.5) is 24.8 Å². The van der Waals surface area contributed by atoms with Crippen LogP contribution in [0.15, 0.2) is 54.7 Å². The smallest absolute Gasteiger partial charge is 0.353 e. The third-order valence-electron chi connectivity index (χ3n) is 18.5. The quantitative estimate of drug-likeness (QED) is 0.178. The molecule has 370 valence electrons. The zero-order valence-corrected chi connectivity index (χ0v) is 41.0. The Morgan fingerprint density at radius 3 is 1.94 bits per heavy atom. The summed E-state index contributed by atoms with van der Waals surface area (Å²) in [5.74, 6) is 7.84. The molecule has 0 N–H and O–H groups in total. The third kappa shape index (κ3) is 10.5. The molecule has 15 heteroatoms. The number of likely N-dealkylation sites (tertiary alicyclic amines) is 1. The van der Waals surface area contributed by atoms with Crippen molar-refractivity contribution in [3.63, 3.8) is 0 Å². The molecular formula is C54H71ClF3N11. The Balaban J connectivity index is 0.000000114. The van der Waals surface area contributed by atoms with Crippen molar-refractivity contribution < 1.29 is 13.2 Å². The summed E-state index contributed by atoms with van der Waals surface area (Å²) in [4.78, 5) is 20.3. The van der Waals surface area contributed by atoms with E-state index in [2.05, 4.69) is 62.8 Å². The second-order valence-electron chi connectivity index (χ2n) is 22.4. The predicted molar refractivity (Wildman–Crippen MR) is 265 cm³/mol. The molecule has 13 rings (SSSR count). The molecule has 6 bridgehead atoms. The second kappa shape index (κ2) is 20.6. The number of halogens is 4. The van der Waals surface area contributed by atoms with E-state index < -0.39 is 11.9 Å². The van der Waals surface area contributed by atoms with Gasteiger partial charge in [0.2, 0.25) is 0 Å². The molecule has 8 atom stereocenters. The number of nitrogens with zero attached hydrogens (tertiary/aromatic N) is 11. The molecule has 6 heterocycles. The fourth-order valence-corrected chi connectivity index (χ4v) is 15.2. The molecule has 0 radical (unpaired) electrons. The SMILES string of the molecule is Clc1cccnc1N1CCN(C2CC3CCC2C3)CC1.N#Cc1ccc(C(F)(F)F)nc1N1CCN(CC2CC3CCC2C3)CC1.c1ccc2c(c1)nnn2C1CCN(C2CC3CCC(C3)C2)CC1. The third-order valence-corrected chi connectivity index (χ3v) is 18.8. The zero-order chi connectivity index (χ0) is 47.1. The number of para-hydroxylation sites is 1. The van der Waals surface area contributed by atoms with E-state index in [1.165, 1.54) is 134 Å². The van der Waals surface area contributed by atoms with Gasteiger partial charge in [-0.1, -0.05) is 54.6 Å². The Morgan fingerprint density at radius 1 is 0.623 bits per heavy atom. The summed E-state index contributed by atoms with van der Waals surface area (Å²) >= 11 is 6.25. The first-order chi connectivity index (χ1) is 33.6. The fourth-order valence-electron chi connectivity index (χ4n) is 15.0. The molecule has 9 fully saturated rings. The molecule has 1 aromatic carbocycles. The summed E-state index contributed by atoms with van der Waals surface area (Å²) in [6.45, 7) is 10.9. The minimum absolute atomic E-state index is 0.168. The van der Waals surface area contributed by atoms with Crippen molar-refractivity contribution in [1.82, 2.24) is 39.7 Å². The average Bonchev–Trinajstić information content (AvgIpc) is 4.27. The van der Waals surface area contributed by atoms with Crippen LogP contribution in [0, 0.1) is 52.8 Å². The number of anilines is 2.